The Kier molecular flexibility index (Phi) is 6.64. The van der Waals surface area contributed by atoms with E-state index >= 15 is 0 Å². The van der Waals surface area contributed by atoms with Gasteiger partial charge < -0.3 is 24.9 Å². The number of carbonyl (C=O) groups is 1. The second kappa shape index (κ2) is 9.19. The van der Waals surface area contributed by atoms with Crippen molar-refractivity contribution in [3.8, 4) is 5.75 Å². The van der Waals surface area contributed by atoms with Crippen LogP contribution < -0.4 is 15.4 Å². The average Bonchev–Trinajstić information content (AvgIpc) is 3.20. The number of carbonyl (C=O) groups excluding carboxylic acids is 1. The Morgan fingerprint density at radius 3 is 2.47 bits per heavy atom. The van der Waals surface area contributed by atoms with Crippen LogP contribution in [-0.4, -0.2) is 23.2 Å². The third kappa shape index (κ3) is 5.52. The molecule has 0 aliphatic carbocycles. The van der Waals surface area contributed by atoms with E-state index in [0.717, 1.165) is 11.3 Å². The third-order valence-electron chi connectivity index (χ3n) is 4.50. The number of aliphatic hydroxyl groups is 1. The number of nitrogens with zero attached hydrogens (tertiary/aromatic N) is 1. The first-order valence-corrected chi connectivity index (χ1v) is 9.76. The molecule has 0 bridgehead atoms. The lowest BCUT2D eigenvalue weighted by Crippen LogP contribution is -2.35. The van der Waals surface area contributed by atoms with Crippen LogP contribution in [0, 0.1) is 0 Å². The summed E-state index contributed by atoms with van der Waals surface area (Å²) in [7, 11) is 1.60. The number of oxazole rings is 1. The quantitative estimate of drug-likeness (QED) is 0.507. The first-order valence-electron chi connectivity index (χ1n) is 9.38. The summed E-state index contributed by atoms with van der Waals surface area (Å²) in [5.74, 6) is 1.13. The van der Waals surface area contributed by atoms with E-state index in [-0.39, 0.29) is 0 Å². The van der Waals surface area contributed by atoms with Crippen molar-refractivity contribution in [1.82, 2.24) is 10.3 Å². The van der Waals surface area contributed by atoms with Crippen molar-refractivity contribution < 1.29 is 19.1 Å². The van der Waals surface area contributed by atoms with E-state index in [1.807, 2.05) is 24.3 Å². The molecular weight excluding hydrogens is 406 g/mol. The molecule has 0 saturated heterocycles. The average molecular weight is 430 g/mol. The van der Waals surface area contributed by atoms with Gasteiger partial charge in [0, 0.05) is 17.1 Å². The van der Waals surface area contributed by atoms with Crippen molar-refractivity contribution in [1.29, 1.82) is 0 Å². The topological polar surface area (TPSA) is 96.6 Å². The summed E-state index contributed by atoms with van der Waals surface area (Å²) >= 11 is 5.89. The molecule has 1 heterocycles. The van der Waals surface area contributed by atoms with Gasteiger partial charge in [-0.05, 0) is 55.8 Å². The first kappa shape index (κ1) is 21.7. The normalized spacial score (nSPS) is 12.3. The van der Waals surface area contributed by atoms with Gasteiger partial charge in [0.05, 0.1) is 13.2 Å². The van der Waals surface area contributed by atoms with Crippen LogP contribution in [0.4, 0.5) is 10.5 Å². The molecule has 0 aliphatic heterocycles. The molecular formula is C22H24ClN3O4. The van der Waals surface area contributed by atoms with Gasteiger partial charge in [-0.2, -0.15) is 0 Å². The smallest absolute Gasteiger partial charge is 0.319 e. The lowest BCUT2D eigenvalue weighted by atomic mass is 9.96. The van der Waals surface area contributed by atoms with Crippen LogP contribution in [0.2, 0.25) is 5.02 Å². The fourth-order valence-electron chi connectivity index (χ4n) is 3.03. The first-order chi connectivity index (χ1) is 14.3. The van der Waals surface area contributed by atoms with E-state index in [4.69, 9.17) is 20.8 Å². The zero-order valence-electron chi connectivity index (χ0n) is 17.0. The summed E-state index contributed by atoms with van der Waals surface area (Å²) in [4.78, 5) is 16.8. The summed E-state index contributed by atoms with van der Waals surface area (Å²) in [6.07, 6.45) is 1.69. The second-order valence-electron chi connectivity index (χ2n) is 7.33. The van der Waals surface area contributed by atoms with Crippen molar-refractivity contribution in [3.05, 3.63) is 77.0 Å². The Morgan fingerprint density at radius 2 is 1.87 bits per heavy atom. The van der Waals surface area contributed by atoms with Crippen LogP contribution >= 0.6 is 11.6 Å². The minimum atomic E-state index is -1.23. The van der Waals surface area contributed by atoms with Gasteiger partial charge in [-0.15, -0.1) is 0 Å². The molecule has 0 radical (unpaired) electrons. The summed E-state index contributed by atoms with van der Waals surface area (Å²) in [6, 6.07) is 13.3. The number of aromatic nitrogens is 1. The second-order valence-corrected chi connectivity index (χ2v) is 7.77. The molecule has 3 rings (SSSR count). The Labute approximate surface area is 180 Å². The molecule has 1 aromatic heterocycles. The van der Waals surface area contributed by atoms with Crippen molar-refractivity contribution >= 4 is 23.3 Å². The van der Waals surface area contributed by atoms with E-state index < -0.39 is 17.7 Å². The van der Waals surface area contributed by atoms with E-state index in [2.05, 4.69) is 15.6 Å². The molecule has 2 aromatic carbocycles. The fraction of sp³-hybridized carbons (Fsp3) is 0.273. The van der Waals surface area contributed by atoms with Gasteiger partial charge in [-0.1, -0.05) is 23.7 Å². The van der Waals surface area contributed by atoms with Crippen molar-refractivity contribution in [2.45, 2.75) is 31.9 Å². The monoisotopic (exact) mass is 429 g/mol. The number of nitrogens with one attached hydrogen (secondary N) is 2. The zero-order valence-corrected chi connectivity index (χ0v) is 17.7. The summed E-state index contributed by atoms with van der Waals surface area (Å²) < 4.78 is 10.8. The highest BCUT2D eigenvalue weighted by Gasteiger charge is 2.30. The molecule has 3 aromatic rings. The number of amides is 2. The number of benzene rings is 2. The van der Waals surface area contributed by atoms with Gasteiger partial charge in [0.25, 0.3) is 0 Å². The minimum Gasteiger partial charge on any atom is -0.497 e. The fourth-order valence-corrected chi connectivity index (χ4v) is 3.15. The molecule has 3 N–H and O–H groups in total. The molecule has 8 heteroatoms. The molecule has 0 unspecified atom stereocenters. The molecule has 1 atom stereocenters. The van der Waals surface area contributed by atoms with E-state index in [9.17, 15) is 9.90 Å². The van der Waals surface area contributed by atoms with Gasteiger partial charge >= 0.3 is 6.03 Å². The summed E-state index contributed by atoms with van der Waals surface area (Å²) in [6.45, 7) is 3.24. The van der Waals surface area contributed by atoms with Crippen molar-refractivity contribution in [2.24, 2.45) is 0 Å². The zero-order chi connectivity index (χ0) is 21.7. The third-order valence-corrected chi connectivity index (χ3v) is 4.75. The molecule has 0 fully saturated rings. The molecule has 0 aliphatic rings. The highest BCUT2D eigenvalue weighted by atomic mass is 35.5. The Bertz CT molecular complexity index is 979. The molecule has 30 heavy (non-hydrogen) atoms. The van der Waals surface area contributed by atoms with E-state index in [0.29, 0.717) is 28.6 Å². The Morgan fingerprint density at radius 1 is 1.20 bits per heavy atom. The lowest BCUT2D eigenvalue weighted by molar-refractivity contribution is 0.0715. The van der Waals surface area contributed by atoms with Crippen LogP contribution in [0.25, 0.3) is 0 Å². The Balaban J connectivity index is 1.84. The van der Waals surface area contributed by atoms with Crippen LogP contribution in [0.15, 0.2) is 59.3 Å². The number of rotatable bonds is 7. The predicted molar refractivity (Wildman–Crippen MR) is 115 cm³/mol. The van der Waals surface area contributed by atoms with Crippen molar-refractivity contribution in [2.75, 3.05) is 12.4 Å². The van der Waals surface area contributed by atoms with Crippen LogP contribution in [-0.2, 0) is 12.0 Å². The summed E-state index contributed by atoms with van der Waals surface area (Å²) in [5.41, 5.74) is 0.688. The maximum absolute atomic E-state index is 12.7. The van der Waals surface area contributed by atoms with Crippen LogP contribution in [0.1, 0.15) is 36.9 Å². The van der Waals surface area contributed by atoms with Gasteiger partial charge in [0.2, 0.25) is 0 Å². The Hall–Kier alpha value is -3.03. The van der Waals surface area contributed by atoms with Crippen molar-refractivity contribution in [3.63, 3.8) is 0 Å². The highest BCUT2D eigenvalue weighted by molar-refractivity contribution is 6.30. The molecule has 0 spiro atoms. The molecule has 2 amide bonds. The number of hydrogen-bond acceptors (Lipinski definition) is 5. The minimum absolute atomic E-state index is 0.368. The van der Waals surface area contributed by atoms with Crippen LogP contribution in [0.5, 0.6) is 5.75 Å². The standard InChI is InChI=1S/C22H24ClN3O4/c1-22(2,28)20-19(30-13-24-20)18(12-14-4-10-17(29-3)11-5-14)26-21(27)25-16-8-6-15(23)7-9-16/h4-11,13,18,28H,12H2,1-3H3,(H2,25,26,27)/t18-/m0/s1. The maximum atomic E-state index is 12.7. The van der Waals surface area contributed by atoms with E-state index in [1.54, 1.807) is 45.2 Å². The van der Waals surface area contributed by atoms with Crippen LogP contribution in [0.3, 0.4) is 0 Å². The number of urea groups is 1. The van der Waals surface area contributed by atoms with Gasteiger partial charge in [-0.25, -0.2) is 9.78 Å². The molecule has 7 nitrogen and oxygen atoms in total. The lowest BCUT2D eigenvalue weighted by Gasteiger charge is -2.22. The highest BCUT2D eigenvalue weighted by Crippen LogP contribution is 2.29. The SMILES string of the molecule is COc1ccc(C[C@H](NC(=O)Nc2ccc(Cl)cc2)c2ocnc2C(C)(C)O)cc1. The van der Waals surface area contributed by atoms with Gasteiger partial charge in [0.15, 0.2) is 12.2 Å². The summed E-state index contributed by atoms with van der Waals surface area (Å²) in [5, 5.41) is 16.7. The largest absolute Gasteiger partial charge is 0.497 e. The van der Waals surface area contributed by atoms with E-state index in [1.165, 1.54) is 6.39 Å². The maximum Gasteiger partial charge on any atom is 0.319 e. The van der Waals surface area contributed by atoms with Gasteiger partial charge in [0.1, 0.15) is 17.0 Å². The molecule has 158 valence electrons. The van der Waals surface area contributed by atoms with Gasteiger partial charge in [-0.3, -0.25) is 0 Å². The number of anilines is 1. The predicted octanol–water partition coefficient (Wildman–Crippen LogP) is 4.67. The number of methoxy groups -OCH3 is 1. The molecule has 0 saturated carbocycles. The number of hydrogen-bond donors (Lipinski definition) is 3. The number of ether oxygens (including phenoxy) is 1. The number of halogens is 1.